The van der Waals surface area contributed by atoms with Crippen molar-refractivity contribution in [1.82, 2.24) is 26.3 Å². The molecule has 12 nitrogen and oxygen atoms in total. The highest BCUT2D eigenvalue weighted by atomic mass is 16.7. The summed E-state index contributed by atoms with van der Waals surface area (Å²) in [6.45, 7) is 7.69. The van der Waals surface area contributed by atoms with Gasteiger partial charge in [-0.25, -0.2) is 4.79 Å². The Hall–Kier alpha value is -5.20. The van der Waals surface area contributed by atoms with Crippen molar-refractivity contribution in [3.05, 3.63) is 102 Å². The molecule has 4 aliphatic rings. The number of fused-ring (bicyclic) bond motifs is 3. The van der Waals surface area contributed by atoms with Gasteiger partial charge in [0.1, 0.15) is 24.3 Å². The monoisotopic (exact) mass is 763 g/mol. The Morgan fingerprint density at radius 2 is 1.57 bits per heavy atom. The van der Waals surface area contributed by atoms with E-state index in [1.54, 1.807) is 0 Å². The molecule has 4 N–H and O–H groups in total. The summed E-state index contributed by atoms with van der Waals surface area (Å²) < 4.78 is 11.5. The van der Waals surface area contributed by atoms with Crippen LogP contribution in [0.25, 0.3) is 16.8 Å². The van der Waals surface area contributed by atoms with Gasteiger partial charge in [0.2, 0.25) is 11.8 Å². The summed E-state index contributed by atoms with van der Waals surface area (Å²) in [6.07, 6.45) is 3.42. The smallest absolute Gasteiger partial charge is 0.407 e. The minimum Gasteiger partial charge on any atom is -0.449 e. The first-order valence-electron chi connectivity index (χ1n) is 19.7. The summed E-state index contributed by atoms with van der Waals surface area (Å²) >= 11 is 0. The molecule has 1 saturated heterocycles. The van der Waals surface area contributed by atoms with E-state index >= 15 is 0 Å². The molecule has 1 spiro atoms. The van der Waals surface area contributed by atoms with Crippen LogP contribution in [0.4, 0.5) is 4.79 Å². The number of rotatable bonds is 13. The van der Waals surface area contributed by atoms with E-state index in [0.717, 1.165) is 46.4 Å². The van der Waals surface area contributed by atoms with Gasteiger partial charge in [0, 0.05) is 25.5 Å². The van der Waals surface area contributed by atoms with Gasteiger partial charge in [-0.05, 0) is 58.6 Å². The number of alkyl carbamates (subject to hydrolysis) is 1. The van der Waals surface area contributed by atoms with Gasteiger partial charge in [-0.15, -0.1) is 0 Å². The van der Waals surface area contributed by atoms with Crippen molar-refractivity contribution in [2.45, 2.75) is 102 Å². The van der Waals surface area contributed by atoms with Crippen LogP contribution in [0, 0.1) is 5.41 Å². The summed E-state index contributed by atoms with van der Waals surface area (Å²) in [5, 5.41) is 8.95. The summed E-state index contributed by atoms with van der Waals surface area (Å²) in [5.74, 6) is -1.31. The number of hydrogen-bond acceptors (Lipinski definition) is 8. The maximum absolute atomic E-state index is 14.9. The van der Waals surface area contributed by atoms with Gasteiger partial charge in [-0.2, -0.15) is 0 Å². The number of ether oxygens (including phenoxy) is 2. The normalized spacial score (nSPS) is 21.6. The van der Waals surface area contributed by atoms with Crippen molar-refractivity contribution in [3.8, 4) is 11.1 Å². The molecule has 2 aliphatic heterocycles. The lowest BCUT2D eigenvalue weighted by molar-refractivity contribution is -0.143. The van der Waals surface area contributed by atoms with E-state index in [0.29, 0.717) is 12.8 Å². The summed E-state index contributed by atoms with van der Waals surface area (Å²) in [4.78, 5) is 63.9. The third-order valence-corrected chi connectivity index (χ3v) is 11.2. The number of nitrogens with zero attached hydrogens (tertiary/aromatic N) is 1. The van der Waals surface area contributed by atoms with Crippen molar-refractivity contribution < 1.29 is 33.5 Å². The van der Waals surface area contributed by atoms with Crippen LogP contribution < -0.4 is 21.4 Å². The highest BCUT2D eigenvalue weighted by molar-refractivity contribution is 5.93. The molecule has 5 atom stereocenters. The Bertz CT molecular complexity index is 1930. The SMILES string of the molecule is CCC[C@H](NC(=O)[C@@H]1C[C@]2(C=C(c3ccccc3)NO2)CN1C(=O)[C@@H](NC(=O)OCC1c2ccccc2-c2ccccc21)C(C)(C)C)C(OC)C(=O)NC1CC1. The quantitative estimate of drug-likeness (QED) is 0.180. The molecule has 7 rings (SSSR count). The molecule has 12 heteroatoms. The second-order valence-corrected chi connectivity index (χ2v) is 16.5. The zero-order valence-electron chi connectivity index (χ0n) is 32.8. The number of methoxy groups -OCH3 is 1. The fraction of sp³-hybridized carbons (Fsp3) is 0.455. The van der Waals surface area contributed by atoms with Crippen LogP contribution in [0.2, 0.25) is 0 Å². The van der Waals surface area contributed by atoms with Crippen molar-refractivity contribution in [3.63, 3.8) is 0 Å². The number of amides is 4. The number of carbonyl (C=O) groups excluding carboxylic acids is 4. The fourth-order valence-electron chi connectivity index (χ4n) is 8.21. The third-order valence-electron chi connectivity index (χ3n) is 11.2. The molecule has 2 fully saturated rings. The molecule has 296 valence electrons. The topological polar surface area (TPSA) is 147 Å². The first kappa shape index (κ1) is 39.1. The van der Waals surface area contributed by atoms with Crippen LogP contribution in [0.1, 0.15) is 82.4 Å². The van der Waals surface area contributed by atoms with Gasteiger partial charge in [0.05, 0.1) is 18.3 Å². The molecule has 1 saturated carbocycles. The molecule has 0 bridgehead atoms. The summed E-state index contributed by atoms with van der Waals surface area (Å²) in [7, 11) is 1.46. The summed E-state index contributed by atoms with van der Waals surface area (Å²) in [5.41, 5.74) is 7.22. The minimum atomic E-state index is -1.06. The predicted molar refractivity (Wildman–Crippen MR) is 212 cm³/mol. The molecule has 4 amide bonds. The molecule has 3 aromatic carbocycles. The van der Waals surface area contributed by atoms with E-state index in [4.69, 9.17) is 14.3 Å². The number of hydroxylamine groups is 1. The zero-order chi connectivity index (χ0) is 39.6. The highest BCUT2D eigenvalue weighted by Gasteiger charge is 2.54. The summed E-state index contributed by atoms with van der Waals surface area (Å²) in [6, 6.07) is 23.3. The lowest BCUT2D eigenvalue weighted by Gasteiger charge is -2.36. The number of nitrogens with one attached hydrogen (secondary N) is 4. The first-order valence-corrected chi connectivity index (χ1v) is 19.7. The maximum Gasteiger partial charge on any atom is 0.407 e. The molecule has 0 aromatic heterocycles. The Kier molecular flexibility index (Phi) is 11.2. The van der Waals surface area contributed by atoms with Gasteiger partial charge in [0.15, 0.2) is 6.10 Å². The Morgan fingerprint density at radius 1 is 0.929 bits per heavy atom. The van der Waals surface area contributed by atoms with Crippen molar-refractivity contribution in [2.75, 3.05) is 20.3 Å². The molecular weight excluding hydrogens is 711 g/mol. The number of benzene rings is 3. The van der Waals surface area contributed by atoms with E-state index in [1.807, 2.05) is 101 Å². The van der Waals surface area contributed by atoms with E-state index in [9.17, 15) is 19.2 Å². The van der Waals surface area contributed by atoms with Crippen LogP contribution in [-0.2, 0) is 28.7 Å². The predicted octanol–water partition coefficient (Wildman–Crippen LogP) is 5.43. The lowest BCUT2D eigenvalue weighted by Crippen LogP contribution is -2.59. The Balaban J connectivity index is 1.12. The molecule has 2 aliphatic carbocycles. The van der Waals surface area contributed by atoms with Crippen LogP contribution >= 0.6 is 0 Å². The van der Waals surface area contributed by atoms with Crippen LogP contribution in [0.15, 0.2) is 84.9 Å². The number of hydrogen-bond donors (Lipinski definition) is 4. The highest BCUT2D eigenvalue weighted by Crippen LogP contribution is 2.45. The molecule has 56 heavy (non-hydrogen) atoms. The van der Waals surface area contributed by atoms with E-state index in [2.05, 4.69) is 33.6 Å². The standard InChI is InChI=1S/C44H53N5O7/c1-6-14-34(37(54-5)40(51)45-28-21-22-28)46-39(50)36-24-44(23-35(48-56-44)27-15-8-7-9-16-27)26-49(36)41(52)38(43(2,3)4)47-42(53)55-25-33-31-19-12-10-17-29(31)30-18-11-13-20-32(30)33/h7-13,15-20,23,28,33-34,36-38,48H,6,14,21-22,24-26H2,1-5H3,(H,45,51)(H,46,50)(H,47,53)/t34-,36-,37?,38+,44+/m0/s1. The average Bonchev–Trinajstić information content (AvgIpc) is 3.64. The molecule has 3 aromatic rings. The van der Waals surface area contributed by atoms with Crippen molar-refractivity contribution >= 4 is 29.5 Å². The van der Waals surface area contributed by atoms with Crippen molar-refractivity contribution in [1.29, 1.82) is 0 Å². The molecule has 0 radical (unpaired) electrons. The first-order chi connectivity index (χ1) is 26.9. The largest absolute Gasteiger partial charge is 0.449 e. The number of likely N-dealkylation sites (tertiary alicyclic amines) is 1. The van der Waals surface area contributed by atoms with Gasteiger partial charge < -0.3 is 30.3 Å². The Morgan fingerprint density at radius 3 is 2.18 bits per heavy atom. The number of carbonyl (C=O) groups is 4. The lowest BCUT2D eigenvalue weighted by atomic mass is 9.85. The van der Waals surface area contributed by atoms with Crippen molar-refractivity contribution in [2.24, 2.45) is 5.41 Å². The van der Waals surface area contributed by atoms with E-state index in [1.165, 1.54) is 12.0 Å². The second-order valence-electron chi connectivity index (χ2n) is 16.5. The Labute approximate surface area is 328 Å². The van der Waals surface area contributed by atoms with Crippen LogP contribution in [-0.4, -0.2) is 84.8 Å². The molecule has 2 heterocycles. The van der Waals surface area contributed by atoms with Gasteiger partial charge in [-0.3, -0.25) is 24.7 Å². The fourth-order valence-corrected chi connectivity index (χ4v) is 8.21. The van der Waals surface area contributed by atoms with Gasteiger partial charge >= 0.3 is 6.09 Å². The molecular formula is C44H53N5O7. The van der Waals surface area contributed by atoms with E-state index < -0.39 is 53.2 Å². The minimum absolute atomic E-state index is 0.0422. The molecule has 1 unspecified atom stereocenters. The van der Waals surface area contributed by atoms with Crippen LogP contribution in [0.3, 0.4) is 0 Å². The van der Waals surface area contributed by atoms with Gasteiger partial charge in [-0.1, -0.05) is 113 Å². The zero-order valence-corrected chi connectivity index (χ0v) is 32.8. The third kappa shape index (κ3) is 8.17. The average molecular weight is 764 g/mol. The second kappa shape index (κ2) is 16.1. The van der Waals surface area contributed by atoms with Crippen LogP contribution in [0.5, 0.6) is 0 Å². The van der Waals surface area contributed by atoms with E-state index in [-0.39, 0.29) is 37.4 Å². The van der Waals surface area contributed by atoms with Gasteiger partial charge in [0.25, 0.3) is 5.91 Å². The maximum atomic E-state index is 14.9.